The molecular formula is C27H30N6O4S. The summed E-state index contributed by atoms with van der Waals surface area (Å²) in [6, 6.07) is 7.55. The highest BCUT2D eigenvalue weighted by atomic mass is 32.1. The molecule has 4 aromatic rings. The highest BCUT2D eigenvalue weighted by Crippen LogP contribution is 2.31. The zero-order valence-electron chi connectivity index (χ0n) is 21.2. The number of nitrogens with one attached hydrogen (secondary N) is 2. The van der Waals surface area contributed by atoms with Crippen LogP contribution in [0, 0.1) is 0 Å². The Morgan fingerprint density at radius 3 is 2.95 bits per heavy atom. The maximum atomic E-state index is 13.3. The van der Waals surface area contributed by atoms with Crippen LogP contribution >= 0.6 is 11.3 Å². The van der Waals surface area contributed by atoms with Crippen LogP contribution in [-0.4, -0.2) is 57.4 Å². The summed E-state index contributed by atoms with van der Waals surface area (Å²) in [5.74, 6) is 1.06. The number of piperidine rings is 1. The number of anilines is 1. The number of pyridine rings is 1. The van der Waals surface area contributed by atoms with Crippen molar-refractivity contribution in [3.63, 3.8) is 0 Å². The third-order valence-electron chi connectivity index (χ3n) is 7.28. The van der Waals surface area contributed by atoms with Gasteiger partial charge in [0.05, 0.1) is 23.5 Å². The van der Waals surface area contributed by atoms with Gasteiger partial charge in [0.15, 0.2) is 10.8 Å². The Hall–Kier alpha value is -3.54. The molecule has 2 N–H and O–H groups in total. The number of benzene rings is 1. The van der Waals surface area contributed by atoms with Gasteiger partial charge in [0.2, 0.25) is 0 Å². The predicted molar refractivity (Wildman–Crippen MR) is 146 cm³/mol. The van der Waals surface area contributed by atoms with E-state index >= 15 is 0 Å². The highest BCUT2D eigenvalue weighted by Gasteiger charge is 2.23. The fourth-order valence-corrected chi connectivity index (χ4v) is 6.00. The molecule has 10 nitrogen and oxygen atoms in total. The SMILES string of the molecule is Cn1c(=O)n(-c2csc(C(=O)Nc3cnccc3C3CCNCC3)n2)c2cccc(OCC3CCCO3)c21. The van der Waals surface area contributed by atoms with E-state index in [1.54, 1.807) is 29.4 Å². The van der Waals surface area contributed by atoms with Gasteiger partial charge >= 0.3 is 5.69 Å². The summed E-state index contributed by atoms with van der Waals surface area (Å²) in [6.45, 7) is 3.11. The topological polar surface area (TPSA) is 112 Å². The minimum absolute atomic E-state index is 0.0686. The number of carbonyl (C=O) groups is 1. The van der Waals surface area contributed by atoms with Crippen LogP contribution < -0.4 is 21.1 Å². The number of imidazole rings is 1. The fraction of sp³-hybridized carbons (Fsp3) is 0.407. The number of rotatable bonds is 7. The van der Waals surface area contributed by atoms with Gasteiger partial charge in [0, 0.05) is 25.2 Å². The summed E-state index contributed by atoms with van der Waals surface area (Å²) in [6.07, 6.45) is 7.55. The molecule has 2 saturated heterocycles. The number of nitrogens with zero attached hydrogens (tertiary/aromatic N) is 4. The van der Waals surface area contributed by atoms with Gasteiger partial charge < -0.3 is 20.1 Å². The molecule has 198 valence electrons. The van der Waals surface area contributed by atoms with Gasteiger partial charge in [-0.1, -0.05) is 6.07 Å². The number of carbonyl (C=O) groups excluding carboxylic acids is 1. The van der Waals surface area contributed by atoms with Crippen LogP contribution in [0.1, 0.15) is 47.0 Å². The Morgan fingerprint density at radius 2 is 2.13 bits per heavy atom. The fourth-order valence-electron chi connectivity index (χ4n) is 5.32. The first-order chi connectivity index (χ1) is 18.6. The molecule has 0 radical (unpaired) electrons. The molecule has 0 aliphatic carbocycles. The molecule has 0 spiro atoms. The molecule has 2 aliphatic rings. The first-order valence-electron chi connectivity index (χ1n) is 13.0. The quantitative estimate of drug-likeness (QED) is 0.373. The van der Waals surface area contributed by atoms with E-state index in [-0.39, 0.29) is 22.7 Å². The van der Waals surface area contributed by atoms with E-state index in [4.69, 9.17) is 9.47 Å². The standard InChI is InChI=1S/C27H30N6O4S/c1-32-24-21(5-2-6-22(24)37-15-18-4-3-13-36-18)33(27(32)35)23-16-38-26(31-23)25(34)30-20-14-29-12-9-19(20)17-7-10-28-11-8-17/h2,5-6,9,12,14,16-18,28H,3-4,7-8,10-11,13,15H2,1H3,(H,30,34). The van der Waals surface area contributed by atoms with Crippen molar-refractivity contribution in [2.24, 2.45) is 7.05 Å². The van der Waals surface area contributed by atoms with Crippen LogP contribution in [0.2, 0.25) is 0 Å². The second kappa shape index (κ2) is 10.7. The van der Waals surface area contributed by atoms with Crippen molar-refractivity contribution in [2.45, 2.75) is 37.7 Å². The van der Waals surface area contributed by atoms with E-state index in [0.717, 1.165) is 50.9 Å². The summed E-state index contributed by atoms with van der Waals surface area (Å²) < 4.78 is 14.8. The maximum absolute atomic E-state index is 13.3. The van der Waals surface area contributed by atoms with Gasteiger partial charge in [-0.05, 0) is 68.5 Å². The van der Waals surface area contributed by atoms with Crippen molar-refractivity contribution in [1.82, 2.24) is 24.4 Å². The molecule has 6 rings (SSSR count). The summed E-state index contributed by atoms with van der Waals surface area (Å²) in [7, 11) is 1.71. The molecule has 1 unspecified atom stereocenters. The lowest BCUT2D eigenvalue weighted by molar-refractivity contribution is 0.0684. The number of aromatic nitrogens is 4. The number of thiazole rings is 1. The van der Waals surface area contributed by atoms with Crippen molar-refractivity contribution in [3.8, 4) is 11.6 Å². The van der Waals surface area contributed by atoms with Gasteiger partial charge in [-0.3, -0.25) is 14.3 Å². The Balaban J connectivity index is 1.26. The first-order valence-corrected chi connectivity index (χ1v) is 13.8. The summed E-state index contributed by atoms with van der Waals surface area (Å²) in [4.78, 5) is 35.2. The van der Waals surface area contributed by atoms with E-state index in [9.17, 15) is 9.59 Å². The van der Waals surface area contributed by atoms with E-state index in [1.165, 1.54) is 15.9 Å². The van der Waals surface area contributed by atoms with E-state index in [2.05, 4.69) is 20.6 Å². The average molecular weight is 535 g/mol. The number of amides is 1. The lowest BCUT2D eigenvalue weighted by Gasteiger charge is -2.24. The Kier molecular flexibility index (Phi) is 6.96. The average Bonchev–Trinajstić information content (AvgIpc) is 3.70. The zero-order valence-corrected chi connectivity index (χ0v) is 22.0. The Labute approximate surface area is 223 Å². The van der Waals surface area contributed by atoms with E-state index in [1.807, 2.05) is 24.3 Å². The van der Waals surface area contributed by atoms with Crippen molar-refractivity contribution in [3.05, 3.63) is 63.1 Å². The molecule has 2 fully saturated rings. The second-order valence-corrected chi connectivity index (χ2v) is 10.6. The summed E-state index contributed by atoms with van der Waals surface area (Å²) >= 11 is 1.20. The Morgan fingerprint density at radius 1 is 1.26 bits per heavy atom. The summed E-state index contributed by atoms with van der Waals surface area (Å²) in [5.41, 5.74) is 2.88. The lowest BCUT2D eigenvalue weighted by Crippen LogP contribution is -2.27. The van der Waals surface area contributed by atoms with Crippen LogP contribution in [0.4, 0.5) is 5.69 Å². The minimum atomic E-state index is -0.321. The van der Waals surface area contributed by atoms with Gasteiger partial charge in [-0.15, -0.1) is 11.3 Å². The minimum Gasteiger partial charge on any atom is -0.489 e. The van der Waals surface area contributed by atoms with Crippen LogP contribution in [-0.2, 0) is 11.8 Å². The summed E-state index contributed by atoms with van der Waals surface area (Å²) in [5, 5.41) is 8.38. The lowest BCUT2D eigenvalue weighted by atomic mass is 9.90. The number of hydrogen-bond acceptors (Lipinski definition) is 8. The van der Waals surface area contributed by atoms with Crippen molar-refractivity contribution in [1.29, 1.82) is 0 Å². The number of para-hydroxylation sites is 1. The van der Waals surface area contributed by atoms with Crippen LogP contribution in [0.15, 0.2) is 46.8 Å². The van der Waals surface area contributed by atoms with Crippen molar-refractivity contribution >= 4 is 34.0 Å². The molecule has 38 heavy (non-hydrogen) atoms. The molecule has 1 aromatic carbocycles. The van der Waals surface area contributed by atoms with Gasteiger partial charge in [0.1, 0.15) is 17.9 Å². The van der Waals surface area contributed by atoms with Crippen LogP contribution in [0.3, 0.4) is 0 Å². The zero-order chi connectivity index (χ0) is 26.1. The first kappa shape index (κ1) is 24.8. The number of aryl methyl sites for hydroxylation is 1. The molecule has 1 amide bonds. The molecule has 3 aromatic heterocycles. The molecule has 2 aliphatic heterocycles. The van der Waals surface area contributed by atoms with Gasteiger partial charge in [-0.2, -0.15) is 0 Å². The monoisotopic (exact) mass is 534 g/mol. The molecular weight excluding hydrogens is 504 g/mol. The second-order valence-electron chi connectivity index (χ2n) is 9.70. The van der Waals surface area contributed by atoms with Crippen molar-refractivity contribution < 1.29 is 14.3 Å². The van der Waals surface area contributed by atoms with Crippen LogP contribution in [0.5, 0.6) is 5.75 Å². The number of ether oxygens (including phenoxy) is 2. The molecule has 0 saturated carbocycles. The van der Waals surface area contributed by atoms with Crippen LogP contribution in [0.25, 0.3) is 16.9 Å². The highest BCUT2D eigenvalue weighted by molar-refractivity contribution is 7.12. The third kappa shape index (κ3) is 4.72. The van der Waals surface area contributed by atoms with E-state index in [0.29, 0.717) is 40.8 Å². The Bertz CT molecular complexity index is 1510. The largest absolute Gasteiger partial charge is 0.489 e. The number of hydrogen-bond donors (Lipinski definition) is 2. The smallest absolute Gasteiger partial charge is 0.334 e. The number of fused-ring (bicyclic) bond motifs is 1. The third-order valence-corrected chi connectivity index (χ3v) is 8.11. The van der Waals surface area contributed by atoms with E-state index < -0.39 is 0 Å². The normalized spacial score (nSPS) is 18.2. The predicted octanol–water partition coefficient (Wildman–Crippen LogP) is 3.46. The van der Waals surface area contributed by atoms with Gasteiger partial charge in [0.25, 0.3) is 5.91 Å². The molecule has 1 atom stereocenters. The maximum Gasteiger partial charge on any atom is 0.334 e. The molecule has 5 heterocycles. The van der Waals surface area contributed by atoms with Gasteiger partial charge in [-0.25, -0.2) is 14.3 Å². The molecule has 0 bridgehead atoms. The van der Waals surface area contributed by atoms with Crippen molar-refractivity contribution in [2.75, 3.05) is 31.6 Å². The molecule has 11 heteroatoms.